The minimum absolute atomic E-state index is 0.108. The molecule has 0 radical (unpaired) electrons. The number of hydrogen-bond acceptors (Lipinski definition) is 3. The van der Waals surface area contributed by atoms with Gasteiger partial charge in [-0.2, -0.15) is 0 Å². The van der Waals surface area contributed by atoms with Crippen LogP contribution in [0.1, 0.15) is 41.8 Å². The number of carbonyl (C=O) groups is 3. The first kappa shape index (κ1) is 27.1. The monoisotopic (exact) mass is 537 g/mol. The summed E-state index contributed by atoms with van der Waals surface area (Å²) in [6.07, 6.45) is 0.961. The third kappa shape index (κ3) is 5.45. The van der Waals surface area contributed by atoms with E-state index >= 15 is 0 Å². The van der Waals surface area contributed by atoms with Gasteiger partial charge in [-0.3, -0.25) is 19.3 Å². The van der Waals surface area contributed by atoms with Crippen LogP contribution in [-0.2, 0) is 22.6 Å². The minimum atomic E-state index is -0.917. The van der Waals surface area contributed by atoms with Crippen LogP contribution in [0.4, 0.5) is 10.1 Å². The van der Waals surface area contributed by atoms with Gasteiger partial charge in [-0.1, -0.05) is 79.7 Å². The number of amides is 3. The molecule has 7 heteroatoms. The Labute approximate surface area is 233 Å². The maximum Gasteiger partial charge on any atom is 0.259 e. The van der Waals surface area contributed by atoms with Gasteiger partial charge in [-0.05, 0) is 42.5 Å². The largest absolute Gasteiger partial charge is 0.352 e. The fraction of sp³-hybridized carbons (Fsp3) is 0.242. The van der Waals surface area contributed by atoms with Gasteiger partial charge in [0.15, 0.2) is 0 Å². The molecule has 0 saturated carbocycles. The Morgan fingerprint density at radius 2 is 1.62 bits per heavy atom. The highest BCUT2D eigenvalue weighted by Crippen LogP contribution is 2.37. The van der Waals surface area contributed by atoms with Crippen LogP contribution in [0, 0.1) is 5.82 Å². The van der Waals surface area contributed by atoms with Crippen molar-refractivity contribution in [2.45, 2.75) is 45.3 Å². The summed E-state index contributed by atoms with van der Waals surface area (Å²) in [7, 11) is 0. The van der Waals surface area contributed by atoms with Gasteiger partial charge in [0.05, 0.1) is 5.69 Å². The molecule has 4 aromatic carbocycles. The average Bonchev–Trinajstić information content (AvgIpc) is 3.24. The fourth-order valence-electron chi connectivity index (χ4n) is 5.17. The first-order valence-corrected chi connectivity index (χ1v) is 13.6. The van der Waals surface area contributed by atoms with Crippen molar-refractivity contribution in [3.8, 4) is 0 Å². The van der Waals surface area contributed by atoms with Crippen LogP contribution in [-0.4, -0.2) is 41.2 Å². The summed E-state index contributed by atoms with van der Waals surface area (Å²) < 4.78 is 14.9. The van der Waals surface area contributed by atoms with Crippen molar-refractivity contribution >= 4 is 34.2 Å². The summed E-state index contributed by atoms with van der Waals surface area (Å²) >= 11 is 0. The second-order valence-corrected chi connectivity index (χ2v) is 10.2. The molecular formula is C33H32FN3O3. The van der Waals surface area contributed by atoms with Crippen molar-refractivity contribution < 1.29 is 18.8 Å². The normalized spacial score (nSPS) is 13.8. The first-order valence-electron chi connectivity index (χ1n) is 13.6. The summed E-state index contributed by atoms with van der Waals surface area (Å²) in [4.78, 5) is 44.2. The van der Waals surface area contributed by atoms with Gasteiger partial charge in [0.25, 0.3) is 5.91 Å². The van der Waals surface area contributed by atoms with Gasteiger partial charge in [0, 0.05) is 35.5 Å². The molecule has 5 rings (SSSR count). The van der Waals surface area contributed by atoms with Gasteiger partial charge in [-0.25, -0.2) is 4.39 Å². The van der Waals surface area contributed by atoms with E-state index in [9.17, 15) is 18.8 Å². The minimum Gasteiger partial charge on any atom is -0.352 e. The number of nitrogens with zero attached hydrogens (tertiary/aromatic N) is 2. The molecule has 6 nitrogen and oxygen atoms in total. The maximum atomic E-state index is 14.9. The van der Waals surface area contributed by atoms with Crippen molar-refractivity contribution in [1.82, 2.24) is 10.2 Å². The van der Waals surface area contributed by atoms with E-state index in [1.165, 1.54) is 15.9 Å². The third-order valence-corrected chi connectivity index (χ3v) is 7.51. The van der Waals surface area contributed by atoms with E-state index in [1.54, 1.807) is 24.3 Å². The third-order valence-electron chi connectivity index (χ3n) is 7.51. The molecule has 40 heavy (non-hydrogen) atoms. The van der Waals surface area contributed by atoms with Crippen molar-refractivity contribution in [3.63, 3.8) is 0 Å². The Balaban J connectivity index is 1.52. The number of benzene rings is 4. The number of halogens is 1. The Kier molecular flexibility index (Phi) is 7.91. The van der Waals surface area contributed by atoms with Gasteiger partial charge in [0.1, 0.15) is 18.4 Å². The van der Waals surface area contributed by atoms with E-state index in [0.717, 1.165) is 22.8 Å². The van der Waals surface area contributed by atoms with E-state index in [2.05, 4.69) is 5.32 Å². The highest BCUT2D eigenvalue weighted by molar-refractivity contribution is 6.26. The van der Waals surface area contributed by atoms with Crippen LogP contribution in [0.15, 0.2) is 91.0 Å². The fourth-order valence-corrected chi connectivity index (χ4v) is 5.17. The van der Waals surface area contributed by atoms with Crippen molar-refractivity contribution in [2.24, 2.45) is 0 Å². The van der Waals surface area contributed by atoms with Crippen LogP contribution < -0.4 is 10.2 Å². The second-order valence-electron chi connectivity index (χ2n) is 10.2. The second kappa shape index (κ2) is 11.7. The Bertz CT molecular complexity index is 1550. The molecule has 0 spiro atoms. The molecule has 2 atom stereocenters. The molecule has 0 aliphatic carbocycles. The van der Waals surface area contributed by atoms with Gasteiger partial charge >= 0.3 is 0 Å². The molecule has 0 bridgehead atoms. The van der Waals surface area contributed by atoms with Gasteiger partial charge in [-0.15, -0.1) is 0 Å². The van der Waals surface area contributed by atoms with Crippen molar-refractivity contribution in [2.75, 3.05) is 11.4 Å². The Morgan fingerprint density at radius 1 is 0.925 bits per heavy atom. The van der Waals surface area contributed by atoms with Crippen LogP contribution >= 0.6 is 0 Å². The zero-order valence-corrected chi connectivity index (χ0v) is 22.6. The zero-order valence-electron chi connectivity index (χ0n) is 22.6. The number of nitrogens with one attached hydrogen (secondary N) is 1. The Hall–Kier alpha value is -4.52. The highest BCUT2D eigenvalue weighted by atomic mass is 19.1. The molecule has 204 valence electrons. The zero-order chi connectivity index (χ0) is 28.2. The van der Waals surface area contributed by atoms with Crippen LogP contribution in [0.5, 0.6) is 0 Å². The predicted molar refractivity (Wildman–Crippen MR) is 154 cm³/mol. The molecule has 1 aliphatic heterocycles. The summed E-state index contributed by atoms with van der Waals surface area (Å²) in [5.74, 6) is -1.49. The van der Waals surface area contributed by atoms with Gasteiger partial charge < -0.3 is 10.2 Å². The standard InChI is InChI=1S/C33H32FN3O3/c1-3-22(2)35-32(39)29(19-23-11-5-4-6-12-23)36(20-25-13-7-8-17-27(25)34)30(38)21-37-28-18-10-15-24-14-9-16-26(31(24)28)33(37)40/h4-18,22,29H,3,19-21H2,1-2H3,(H,35,39). The molecule has 1 heterocycles. The quantitative estimate of drug-likeness (QED) is 0.291. The topological polar surface area (TPSA) is 69.7 Å². The summed E-state index contributed by atoms with van der Waals surface area (Å²) in [6.45, 7) is 3.48. The summed E-state index contributed by atoms with van der Waals surface area (Å²) in [5, 5.41) is 4.73. The molecule has 1 N–H and O–H groups in total. The predicted octanol–water partition coefficient (Wildman–Crippen LogP) is 5.49. The molecule has 0 aromatic heterocycles. The molecular weight excluding hydrogens is 505 g/mol. The molecule has 4 aromatic rings. The lowest BCUT2D eigenvalue weighted by Crippen LogP contribution is -2.54. The van der Waals surface area contributed by atoms with E-state index in [4.69, 9.17) is 0 Å². The number of rotatable bonds is 10. The van der Waals surface area contributed by atoms with Gasteiger partial charge in [0.2, 0.25) is 11.8 Å². The number of hydrogen-bond donors (Lipinski definition) is 1. The highest BCUT2D eigenvalue weighted by Gasteiger charge is 2.36. The molecule has 2 unspecified atom stereocenters. The average molecular weight is 538 g/mol. The number of anilines is 1. The molecule has 1 aliphatic rings. The van der Waals surface area contributed by atoms with Crippen LogP contribution in [0.3, 0.4) is 0 Å². The SMILES string of the molecule is CCC(C)NC(=O)C(Cc1ccccc1)N(Cc1ccccc1F)C(=O)CN1C(=O)c2cccc3cccc1c23. The lowest BCUT2D eigenvalue weighted by atomic mass is 10.0. The lowest BCUT2D eigenvalue weighted by molar-refractivity contribution is -0.140. The van der Waals surface area contributed by atoms with E-state index in [0.29, 0.717) is 16.8 Å². The Morgan fingerprint density at radius 3 is 2.35 bits per heavy atom. The van der Waals surface area contributed by atoms with Crippen molar-refractivity contribution in [1.29, 1.82) is 0 Å². The lowest BCUT2D eigenvalue weighted by Gasteiger charge is -2.33. The summed E-state index contributed by atoms with van der Waals surface area (Å²) in [6, 6.07) is 25.8. The van der Waals surface area contributed by atoms with Crippen molar-refractivity contribution in [3.05, 3.63) is 114 Å². The van der Waals surface area contributed by atoms with Crippen LogP contribution in [0.25, 0.3) is 10.8 Å². The maximum absolute atomic E-state index is 14.9. The smallest absolute Gasteiger partial charge is 0.259 e. The van der Waals surface area contributed by atoms with E-state index in [-0.39, 0.29) is 37.4 Å². The first-order chi connectivity index (χ1) is 19.4. The van der Waals surface area contributed by atoms with E-state index < -0.39 is 17.8 Å². The molecule has 0 fully saturated rings. The van der Waals surface area contributed by atoms with E-state index in [1.807, 2.05) is 74.5 Å². The summed E-state index contributed by atoms with van der Waals surface area (Å²) in [5.41, 5.74) is 2.36. The van der Waals surface area contributed by atoms with Crippen LogP contribution in [0.2, 0.25) is 0 Å². The molecule has 3 amide bonds. The number of carbonyl (C=O) groups excluding carboxylic acids is 3. The molecule has 0 saturated heterocycles.